The molecule has 4 nitrogen and oxygen atoms in total. The maximum atomic E-state index is 12.8. The van der Waals surface area contributed by atoms with E-state index in [0.29, 0.717) is 0 Å². The fourth-order valence-electron chi connectivity index (χ4n) is 1.49. The first-order valence-electron chi connectivity index (χ1n) is 5.20. The first-order valence-corrected chi connectivity index (χ1v) is 5.74. The van der Waals surface area contributed by atoms with Crippen molar-refractivity contribution in [2.45, 2.75) is 25.7 Å². The number of pyridine rings is 1. The number of aromatic nitrogens is 1. The number of ether oxygens (including phenoxy) is 1. The minimum atomic E-state index is -2.89. The van der Waals surface area contributed by atoms with Crippen molar-refractivity contribution in [3.05, 3.63) is 23.0 Å². The molecule has 1 heterocycles. The van der Waals surface area contributed by atoms with Crippen molar-refractivity contribution in [1.29, 1.82) is 0 Å². The van der Waals surface area contributed by atoms with Crippen molar-refractivity contribution in [3.63, 3.8) is 0 Å². The second-order valence-corrected chi connectivity index (χ2v) is 3.67. The molecule has 0 aliphatic carbocycles. The molecule has 0 amide bonds. The molecular formula is C11H12ClF2NO3. The summed E-state index contributed by atoms with van der Waals surface area (Å²) in [5, 5.41) is 9.34. The maximum absolute atomic E-state index is 12.8. The second-order valence-electron chi connectivity index (χ2n) is 3.40. The predicted molar refractivity (Wildman–Crippen MR) is 60.8 cm³/mol. The van der Waals surface area contributed by atoms with Crippen LogP contribution in [0.4, 0.5) is 8.78 Å². The topological polar surface area (TPSA) is 59.4 Å². The molecule has 100 valence electrons. The first-order chi connectivity index (χ1) is 8.51. The molecular weight excluding hydrogens is 268 g/mol. The Bertz CT molecular complexity index is 441. The van der Waals surface area contributed by atoms with Gasteiger partial charge in [-0.1, -0.05) is 0 Å². The number of nitrogens with zero attached hydrogens (tertiary/aromatic N) is 1. The van der Waals surface area contributed by atoms with E-state index in [1.165, 1.54) is 0 Å². The number of rotatable bonds is 5. The third-order valence-electron chi connectivity index (χ3n) is 2.26. The molecule has 1 aromatic rings. The van der Waals surface area contributed by atoms with E-state index >= 15 is 0 Å². The van der Waals surface area contributed by atoms with Crippen molar-refractivity contribution < 1.29 is 23.4 Å². The van der Waals surface area contributed by atoms with Crippen molar-refractivity contribution in [3.8, 4) is 5.75 Å². The summed E-state index contributed by atoms with van der Waals surface area (Å²) >= 11 is 5.58. The zero-order chi connectivity index (χ0) is 13.7. The number of hydrogen-bond donors (Lipinski definition) is 1. The van der Waals surface area contributed by atoms with E-state index in [9.17, 15) is 18.7 Å². The lowest BCUT2D eigenvalue weighted by Crippen LogP contribution is -2.12. The number of carbonyl (C=O) groups is 1. The van der Waals surface area contributed by atoms with E-state index in [1.54, 1.807) is 6.92 Å². The van der Waals surface area contributed by atoms with E-state index in [-0.39, 0.29) is 30.2 Å². The van der Waals surface area contributed by atoms with Gasteiger partial charge in [0.05, 0.1) is 30.5 Å². The summed E-state index contributed by atoms with van der Waals surface area (Å²) in [6.07, 6.45) is -2.26. The summed E-state index contributed by atoms with van der Waals surface area (Å²) in [7, 11) is 0. The highest BCUT2D eigenvalue weighted by Crippen LogP contribution is 2.33. The van der Waals surface area contributed by atoms with Gasteiger partial charge in [-0.15, -0.1) is 11.6 Å². The summed E-state index contributed by atoms with van der Waals surface area (Å²) in [5.74, 6) is -1.48. The zero-order valence-corrected chi connectivity index (χ0v) is 10.4. The Labute approximate surface area is 108 Å². The lowest BCUT2D eigenvalue weighted by atomic mass is 10.1. The van der Waals surface area contributed by atoms with Gasteiger partial charge in [-0.05, 0) is 6.92 Å². The monoisotopic (exact) mass is 279 g/mol. The molecule has 1 rings (SSSR count). The zero-order valence-electron chi connectivity index (χ0n) is 9.62. The van der Waals surface area contributed by atoms with Gasteiger partial charge in [0, 0.05) is 11.4 Å². The van der Waals surface area contributed by atoms with Gasteiger partial charge in [0.15, 0.2) is 0 Å². The Morgan fingerprint density at radius 2 is 2.28 bits per heavy atom. The lowest BCUT2D eigenvalue weighted by Gasteiger charge is -2.12. The van der Waals surface area contributed by atoms with Crippen LogP contribution < -0.4 is 0 Å². The summed E-state index contributed by atoms with van der Waals surface area (Å²) < 4.78 is 30.3. The maximum Gasteiger partial charge on any atom is 0.311 e. The molecule has 1 N–H and O–H groups in total. The minimum Gasteiger partial charge on any atom is -0.506 e. The van der Waals surface area contributed by atoms with Gasteiger partial charge < -0.3 is 9.84 Å². The lowest BCUT2D eigenvalue weighted by molar-refractivity contribution is -0.142. The van der Waals surface area contributed by atoms with Gasteiger partial charge in [0.1, 0.15) is 5.75 Å². The van der Waals surface area contributed by atoms with Crippen LogP contribution >= 0.6 is 11.6 Å². The molecule has 0 saturated carbocycles. The fourth-order valence-corrected chi connectivity index (χ4v) is 1.79. The molecule has 0 radical (unpaired) electrons. The van der Waals surface area contributed by atoms with Gasteiger partial charge >= 0.3 is 5.97 Å². The number of alkyl halides is 3. The molecule has 0 bridgehead atoms. The van der Waals surface area contributed by atoms with E-state index in [1.807, 2.05) is 0 Å². The molecule has 0 atom stereocenters. The SMILES string of the molecule is CCOC(=O)Cc1ncc(O)c(C(F)F)c1CCl. The van der Waals surface area contributed by atoms with Gasteiger partial charge in [-0.25, -0.2) is 8.78 Å². The first kappa shape index (κ1) is 14.6. The molecule has 1 aromatic heterocycles. The summed E-state index contributed by atoms with van der Waals surface area (Å²) in [4.78, 5) is 15.0. The summed E-state index contributed by atoms with van der Waals surface area (Å²) in [6, 6.07) is 0. The molecule has 18 heavy (non-hydrogen) atoms. The highest BCUT2D eigenvalue weighted by Gasteiger charge is 2.22. The van der Waals surface area contributed by atoms with Crippen LogP contribution in [0.5, 0.6) is 5.75 Å². The average Bonchev–Trinajstić information content (AvgIpc) is 2.30. The third kappa shape index (κ3) is 3.29. The quantitative estimate of drug-likeness (QED) is 0.665. The Morgan fingerprint density at radius 1 is 1.61 bits per heavy atom. The summed E-state index contributed by atoms with van der Waals surface area (Å²) in [6.45, 7) is 1.82. The molecule has 0 fully saturated rings. The standard InChI is InChI=1S/C11H12ClF2NO3/c1-2-18-9(17)3-7-6(4-12)10(11(13)14)8(16)5-15-7/h5,11,16H,2-4H2,1H3. The van der Waals surface area contributed by atoms with Gasteiger partial charge in [-0.2, -0.15) is 0 Å². The Kier molecular flexibility index (Phi) is 5.27. The van der Waals surface area contributed by atoms with Crippen LogP contribution in [0.3, 0.4) is 0 Å². The molecule has 0 saturated heterocycles. The molecule has 0 aliphatic heterocycles. The Hall–Kier alpha value is -1.43. The van der Waals surface area contributed by atoms with Crippen molar-refractivity contribution in [2.24, 2.45) is 0 Å². The van der Waals surface area contributed by atoms with Crippen molar-refractivity contribution >= 4 is 17.6 Å². The van der Waals surface area contributed by atoms with Crippen LogP contribution in [0.1, 0.15) is 30.2 Å². The Balaban J connectivity index is 3.13. The molecule has 0 aliphatic rings. The number of hydrogen-bond acceptors (Lipinski definition) is 4. The normalized spacial score (nSPS) is 10.7. The van der Waals surface area contributed by atoms with Gasteiger partial charge in [-0.3, -0.25) is 9.78 Å². The number of esters is 1. The average molecular weight is 280 g/mol. The van der Waals surface area contributed by atoms with Gasteiger partial charge in [0.25, 0.3) is 6.43 Å². The number of aromatic hydroxyl groups is 1. The van der Waals surface area contributed by atoms with Crippen LogP contribution in [-0.2, 0) is 21.8 Å². The van der Waals surface area contributed by atoms with Crippen LogP contribution in [0.15, 0.2) is 6.20 Å². The number of carbonyl (C=O) groups excluding carboxylic acids is 1. The highest BCUT2D eigenvalue weighted by atomic mass is 35.5. The minimum absolute atomic E-state index is 0.0280. The van der Waals surface area contributed by atoms with Crippen LogP contribution in [0.2, 0.25) is 0 Å². The summed E-state index contributed by atoms with van der Waals surface area (Å²) in [5.41, 5.74) is -0.518. The predicted octanol–water partition coefficient (Wildman–Crippen LogP) is 2.57. The number of halogens is 3. The van der Waals surface area contributed by atoms with E-state index < -0.39 is 23.7 Å². The third-order valence-corrected chi connectivity index (χ3v) is 2.53. The molecule has 0 spiro atoms. The molecule has 0 unspecified atom stereocenters. The smallest absolute Gasteiger partial charge is 0.311 e. The highest BCUT2D eigenvalue weighted by molar-refractivity contribution is 6.17. The van der Waals surface area contributed by atoms with E-state index in [4.69, 9.17) is 16.3 Å². The van der Waals surface area contributed by atoms with Crippen LogP contribution in [0.25, 0.3) is 0 Å². The van der Waals surface area contributed by atoms with E-state index in [2.05, 4.69) is 4.98 Å². The van der Waals surface area contributed by atoms with Crippen LogP contribution in [0, 0.1) is 0 Å². The van der Waals surface area contributed by atoms with Crippen molar-refractivity contribution in [2.75, 3.05) is 6.61 Å². The van der Waals surface area contributed by atoms with Crippen molar-refractivity contribution in [1.82, 2.24) is 4.98 Å². The van der Waals surface area contributed by atoms with E-state index in [0.717, 1.165) is 6.20 Å². The second kappa shape index (κ2) is 6.49. The van der Waals surface area contributed by atoms with Crippen LogP contribution in [-0.4, -0.2) is 22.7 Å². The molecule has 7 heteroatoms. The molecule has 0 aromatic carbocycles. The fraction of sp³-hybridized carbons (Fsp3) is 0.455. The Morgan fingerprint density at radius 3 is 2.78 bits per heavy atom. The van der Waals surface area contributed by atoms with Gasteiger partial charge in [0.2, 0.25) is 0 Å². The largest absolute Gasteiger partial charge is 0.506 e.